The second kappa shape index (κ2) is 9.78. The Bertz CT molecular complexity index is 929. The molecule has 1 saturated heterocycles. The second-order valence-corrected chi connectivity index (χ2v) is 8.18. The summed E-state index contributed by atoms with van der Waals surface area (Å²) in [7, 11) is 0. The number of hydrogen-bond acceptors (Lipinski definition) is 5. The molecule has 2 heterocycles. The maximum Gasteiger partial charge on any atom is 0.248 e. The van der Waals surface area contributed by atoms with Gasteiger partial charge in [0.15, 0.2) is 0 Å². The van der Waals surface area contributed by atoms with Crippen LogP contribution in [-0.4, -0.2) is 60.0 Å². The number of hydrogen-bond donors (Lipinski definition) is 0. The van der Waals surface area contributed by atoms with Crippen molar-refractivity contribution in [3.8, 4) is 0 Å². The number of benzene rings is 2. The van der Waals surface area contributed by atoms with Gasteiger partial charge in [-0.3, -0.25) is 9.69 Å². The molecule has 0 unspecified atom stereocenters. The minimum atomic E-state index is 0.0607. The molecule has 4 rings (SSSR count). The molecule has 5 nitrogen and oxygen atoms in total. The van der Waals surface area contributed by atoms with E-state index in [4.69, 9.17) is 4.74 Å². The third-order valence-electron chi connectivity index (χ3n) is 4.99. The Hall–Kier alpha value is -2.54. The Labute approximate surface area is 175 Å². The van der Waals surface area contributed by atoms with Crippen LogP contribution in [0.2, 0.25) is 0 Å². The molecule has 150 valence electrons. The lowest BCUT2D eigenvalue weighted by Crippen LogP contribution is -2.49. The average molecular weight is 408 g/mol. The largest absolute Gasteiger partial charge is 0.364 e. The van der Waals surface area contributed by atoms with Gasteiger partial charge in [0.25, 0.3) is 0 Å². The molecule has 0 radical (unpaired) electrons. The van der Waals surface area contributed by atoms with Gasteiger partial charge in [0.2, 0.25) is 5.91 Å². The Balaban J connectivity index is 1.16. The van der Waals surface area contributed by atoms with Gasteiger partial charge < -0.3 is 9.64 Å². The summed E-state index contributed by atoms with van der Waals surface area (Å²) in [6, 6.07) is 18.3. The van der Waals surface area contributed by atoms with Crippen LogP contribution in [0, 0.1) is 0 Å². The molecule has 0 N–H and O–H groups in total. The van der Waals surface area contributed by atoms with Crippen molar-refractivity contribution in [3.63, 3.8) is 0 Å². The van der Waals surface area contributed by atoms with Crippen LogP contribution in [0.3, 0.4) is 0 Å². The molecule has 2 aromatic carbocycles. The number of carbonyl (C=O) groups excluding carboxylic acids is 1. The normalized spacial score (nSPS) is 15.4. The van der Waals surface area contributed by atoms with Crippen molar-refractivity contribution in [2.45, 2.75) is 6.61 Å². The number of para-hydroxylation sites is 1. The van der Waals surface area contributed by atoms with Crippen LogP contribution in [0.5, 0.6) is 0 Å². The number of piperazine rings is 1. The quantitative estimate of drug-likeness (QED) is 0.600. The minimum Gasteiger partial charge on any atom is -0.364 e. The number of thiazole rings is 1. The van der Waals surface area contributed by atoms with E-state index in [9.17, 15) is 4.79 Å². The molecule has 0 saturated carbocycles. The molecular weight excluding hydrogens is 382 g/mol. The van der Waals surface area contributed by atoms with Crippen molar-refractivity contribution in [3.05, 3.63) is 71.2 Å². The highest BCUT2D eigenvalue weighted by atomic mass is 32.1. The van der Waals surface area contributed by atoms with Crippen molar-refractivity contribution < 1.29 is 9.53 Å². The van der Waals surface area contributed by atoms with Gasteiger partial charge in [-0.15, -0.1) is 11.3 Å². The fourth-order valence-corrected chi connectivity index (χ4v) is 4.29. The standard InChI is InChI=1S/C23H25N3O2S/c27-23(18-28-17-22-24-20-10-4-5-11-21(20)29-22)26-15-13-25(14-16-26)12-6-9-19-7-2-1-3-8-19/h1-11H,12-18H2/b9-6+. The van der Waals surface area contributed by atoms with E-state index in [1.54, 1.807) is 11.3 Å². The van der Waals surface area contributed by atoms with Crippen LogP contribution in [-0.2, 0) is 16.1 Å². The van der Waals surface area contributed by atoms with Crippen LogP contribution in [0.25, 0.3) is 16.3 Å². The number of amides is 1. The number of carbonyl (C=O) groups is 1. The molecule has 1 fully saturated rings. The van der Waals surface area contributed by atoms with Crippen LogP contribution in [0.1, 0.15) is 10.6 Å². The van der Waals surface area contributed by atoms with Crippen molar-refractivity contribution in [2.24, 2.45) is 0 Å². The Morgan fingerprint density at radius 3 is 2.59 bits per heavy atom. The molecule has 29 heavy (non-hydrogen) atoms. The molecular formula is C23H25N3O2S. The summed E-state index contributed by atoms with van der Waals surface area (Å²) >= 11 is 1.62. The van der Waals surface area contributed by atoms with Crippen LogP contribution in [0.4, 0.5) is 0 Å². The molecule has 6 heteroatoms. The smallest absolute Gasteiger partial charge is 0.248 e. The molecule has 0 spiro atoms. The summed E-state index contributed by atoms with van der Waals surface area (Å²) in [5.41, 5.74) is 2.20. The summed E-state index contributed by atoms with van der Waals surface area (Å²) in [5.74, 6) is 0.0607. The average Bonchev–Trinajstić information content (AvgIpc) is 3.18. The Morgan fingerprint density at radius 2 is 1.79 bits per heavy atom. The topological polar surface area (TPSA) is 45.7 Å². The van der Waals surface area contributed by atoms with Gasteiger partial charge in [0.1, 0.15) is 11.6 Å². The first-order valence-corrected chi connectivity index (χ1v) is 10.7. The van der Waals surface area contributed by atoms with Gasteiger partial charge in [0, 0.05) is 32.7 Å². The molecule has 0 bridgehead atoms. The summed E-state index contributed by atoms with van der Waals surface area (Å²) in [6.45, 7) is 4.70. The monoisotopic (exact) mass is 407 g/mol. The summed E-state index contributed by atoms with van der Waals surface area (Å²) in [4.78, 5) is 21.2. The zero-order chi connectivity index (χ0) is 19.9. The Kier molecular flexibility index (Phi) is 6.67. The van der Waals surface area contributed by atoms with E-state index in [1.807, 2.05) is 41.3 Å². The number of nitrogens with zero attached hydrogens (tertiary/aromatic N) is 3. The van der Waals surface area contributed by atoms with Crippen LogP contribution < -0.4 is 0 Å². The maximum atomic E-state index is 12.4. The number of ether oxygens (including phenoxy) is 1. The van der Waals surface area contributed by atoms with Crippen molar-refractivity contribution in [1.82, 2.24) is 14.8 Å². The maximum absolute atomic E-state index is 12.4. The molecule has 1 amide bonds. The van der Waals surface area contributed by atoms with Gasteiger partial charge in [-0.2, -0.15) is 0 Å². The number of aromatic nitrogens is 1. The zero-order valence-corrected chi connectivity index (χ0v) is 17.2. The predicted octanol–water partition coefficient (Wildman–Crippen LogP) is 3.67. The van der Waals surface area contributed by atoms with E-state index >= 15 is 0 Å². The Morgan fingerprint density at radius 1 is 1.03 bits per heavy atom. The molecule has 1 aromatic heterocycles. The van der Waals surface area contributed by atoms with Crippen molar-refractivity contribution in [1.29, 1.82) is 0 Å². The summed E-state index contributed by atoms with van der Waals surface area (Å²) in [6.07, 6.45) is 4.33. The molecule has 1 aliphatic rings. The van der Waals surface area contributed by atoms with Gasteiger partial charge in [-0.25, -0.2) is 4.98 Å². The lowest BCUT2D eigenvalue weighted by atomic mass is 10.2. The van der Waals surface area contributed by atoms with Gasteiger partial charge in [0.05, 0.1) is 16.8 Å². The minimum absolute atomic E-state index is 0.0607. The number of rotatable bonds is 7. The highest BCUT2D eigenvalue weighted by Crippen LogP contribution is 2.21. The molecule has 0 aliphatic carbocycles. The summed E-state index contributed by atoms with van der Waals surface area (Å²) < 4.78 is 6.78. The van der Waals surface area contributed by atoms with Crippen LogP contribution in [0.15, 0.2) is 60.7 Å². The van der Waals surface area contributed by atoms with E-state index in [1.165, 1.54) is 5.56 Å². The predicted molar refractivity (Wildman–Crippen MR) is 118 cm³/mol. The van der Waals surface area contributed by atoms with Gasteiger partial charge in [-0.05, 0) is 17.7 Å². The molecule has 3 aromatic rings. The first-order valence-electron chi connectivity index (χ1n) is 9.92. The highest BCUT2D eigenvalue weighted by molar-refractivity contribution is 7.18. The first kappa shape index (κ1) is 19.8. The van der Waals surface area contributed by atoms with E-state index in [-0.39, 0.29) is 12.5 Å². The fourth-order valence-electron chi connectivity index (χ4n) is 3.38. The first-order chi connectivity index (χ1) is 14.3. The molecule has 1 aliphatic heterocycles. The molecule has 0 atom stereocenters. The highest BCUT2D eigenvalue weighted by Gasteiger charge is 2.20. The lowest BCUT2D eigenvalue weighted by Gasteiger charge is -2.34. The van der Waals surface area contributed by atoms with Crippen LogP contribution >= 0.6 is 11.3 Å². The summed E-state index contributed by atoms with van der Waals surface area (Å²) in [5, 5.41) is 0.911. The lowest BCUT2D eigenvalue weighted by molar-refractivity contribution is -0.138. The fraction of sp³-hybridized carbons (Fsp3) is 0.304. The van der Waals surface area contributed by atoms with E-state index in [2.05, 4.69) is 40.2 Å². The van der Waals surface area contributed by atoms with Crippen molar-refractivity contribution >= 4 is 33.5 Å². The van der Waals surface area contributed by atoms with Crippen molar-refractivity contribution in [2.75, 3.05) is 39.3 Å². The van der Waals surface area contributed by atoms with E-state index in [0.717, 1.165) is 47.9 Å². The third-order valence-corrected chi connectivity index (χ3v) is 6.00. The zero-order valence-electron chi connectivity index (χ0n) is 16.4. The number of fused-ring (bicyclic) bond motifs is 1. The third kappa shape index (κ3) is 5.50. The van der Waals surface area contributed by atoms with E-state index < -0.39 is 0 Å². The van der Waals surface area contributed by atoms with Gasteiger partial charge in [-0.1, -0.05) is 54.6 Å². The van der Waals surface area contributed by atoms with E-state index in [0.29, 0.717) is 6.61 Å². The second-order valence-electron chi connectivity index (χ2n) is 7.06. The van der Waals surface area contributed by atoms with Gasteiger partial charge >= 0.3 is 0 Å². The SMILES string of the molecule is O=C(COCc1nc2ccccc2s1)N1CCN(C/C=C/c2ccccc2)CC1.